The predicted octanol–water partition coefficient (Wildman–Crippen LogP) is 4.80. The molecule has 63 heavy (non-hydrogen) atoms. The Labute approximate surface area is 371 Å². The van der Waals surface area contributed by atoms with Crippen LogP contribution < -0.4 is 10.6 Å². The average molecular weight is 881 g/mol. The molecule has 0 spiro atoms. The van der Waals surface area contributed by atoms with Gasteiger partial charge in [-0.2, -0.15) is 5.06 Å². The second kappa shape index (κ2) is 17.6. The Morgan fingerprint density at radius 1 is 0.619 bits per heavy atom. The third-order valence-electron chi connectivity index (χ3n) is 14.1. The Kier molecular flexibility index (Phi) is 12.5. The molecular formula is C45H68N8O10. The first-order valence-electron chi connectivity index (χ1n) is 23.0. The first kappa shape index (κ1) is 44.8. The van der Waals surface area contributed by atoms with E-state index in [2.05, 4.69) is 10.6 Å². The lowest BCUT2D eigenvalue weighted by atomic mass is 9.91. The molecule has 8 amide bonds. The lowest BCUT2D eigenvalue weighted by Crippen LogP contribution is -2.58. The lowest BCUT2D eigenvalue weighted by molar-refractivity contribution is -0.140. The van der Waals surface area contributed by atoms with Gasteiger partial charge in [-0.1, -0.05) is 30.3 Å². The van der Waals surface area contributed by atoms with Crippen LogP contribution in [0.5, 0.6) is 0 Å². The standard InChI is InChI=1S/C26H36N4O5.C19H30N4O5.H2/c1-26(2,3)35-25(33)28-13-18-9-10-19(14-28)22(18)27-23(31)21-12-11-20-15-29(21)24(32)30(20)34-16-17-7-5-4-6-8-17;1-19(2,3)28-18(26)21-8-11-4-5-12(9-21)15(11)20-16(24)14-7-6-13-10-22(14)17(25)23(13)27;/h4-8,18-22H,9-16H2,1-3H3,(H,27,31);11-15,27H,4-10H2,1-3H3,(H,20,24);1H/t18?,19?,20-,21+,22?;11?,12?,13-,14+,15?;/m11./s1. The van der Waals surface area contributed by atoms with Crippen LogP contribution in [-0.2, 0) is 30.5 Å². The van der Waals surface area contributed by atoms with Crippen LogP contribution in [0.15, 0.2) is 30.3 Å². The smallest absolute Gasteiger partial charge is 0.410 e. The van der Waals surface area contributed by atoms with Gasteiger partial charge >= 0.3 is 24.2 Å². The first-order valence-corrected chi connectivity index (χ1v) is 23.0. The Bertz CT molecular complexity index is 1890. The van der Waals surface area contributed by atoms with E-state index in [9.17, 15) is 34.0 Å². The van der Waals surface area contributed by atoms with E-state index in [1.165, 1.54) is 9.96 Å². The number of hydrogen-bond donors (Lipinski definition) is 3. The number of likely N-dealkylation sites (tertiary alicyclic amines) is 2. The van der Waals surface area contributed by atoms with Crippen LogP contribution in [0, 0.1) is 23.7 Å². The highest BCUT2D eigenvalue weighted by atomic mass is 16.7. The molecule has 0 aromatic heterocycles. The summed E-state index contributed by atoms with van der Waals surface area (Å²) in [4.78, 5) is 89.0. The summed E-state index contributed by atoms with van der Waals surface area (Å²) in [5, 5.41) is 18.5. The maximum Gasteiger partial charge on any atom is 0.410 e. The molecule has 2 saturated carbocycles. The van der Waals surface area contributed by atoms with Gasteiger partial charge in [-0.15, -0.1) is 0 Å². The summed E-state index contributed by atoms with van der Waals surface area (Å²) in [5.41, 5.74) is -0.0524. The molecule has 2 aliphatic carbocycles. The third kappa shape index (κ3) is 9.66. The molecule has 6 saturated heterocycles. The zero-order chi connectivity index (χ0) is 45.0. The Balaban J connectivity index is 0.000000193. The monoisotopic (exact) mass is 881 g/mol. The van der Waals surface area contributed by atoms with Crippen LogP contribution in [0.1, 0.15) is 99.9 Å². The van der Waals surface area contributed by atoms with Gasteiger partial charge < -0.3 is 39.7 Å². The van der Waals surface area contributed by atoms with Crippen molar-refractivity contribution in [3.8, 4) is 0 Å². The minimum atomic E-state index is -0.527. The molecule has 8 aliphatic rings. The van der Waals surface area contributed by atoms with Crippen molar-refractivity contribution in [3.05, 3.63) is 35.9 Å². The Morgan fingerprint density at radius 3 is 1.51 bits per heavy atom. The average Bonchev–Trinajstić information content (AvgIpc) is 3.77. The van der Waals surface area contributed by atoms with E-state index in [1.54, 1.807) is 14.7 Å². The molecule has 6 aliphatic heterocycles. The minimum Gasteiger partial charge on any atom is -0.444 e. The summed E-state index contributed by atoms with van der Waals surface area (Å²) in [7, 11) is 0. The minimum absolute atomic E-state index is 0. The van der Waals surface area contributed by atoms with E-state index < -0.39 is 29.3 Å². The van der Waals surface area contributed by atoms with Gasteiger partial charge in [-0.05, 0) is 122 Å². The van der Waals surface area contributed by atoms with Crippen molar-refractivity contribution in [1.29, 1.82) is 0 Å². The molecule has 1 aromatic carbocycles. The van der Waals surface area contributed by atoms with Crippen molar-refractivity contribution < 1.29 is 49.7 Å². The quantitative estimate of drug-likeness (QED) is 0.321. The largest absolute Gasteiger partial charge is 0.444 e. The van der Waals surface area contributed by atoms with Crippen molar-refractivity contribution in [2.24, 2.45) is 23.7 Å². The van der Waals surface area contributed by atoms with Crippen LogP contribution in [-0.4, -0.2) is 158 Å². The molecule has 8 fully saturated rings. The fraction of sp³-hybridized carbons (Fsp3) is 0.733. The van der Waals surface area contributed by atoms with Crippen LogP contribution in [0.3, 0.4) is 0 Å². The van der Waals surface area contributed by atoms with E-state index in [0.29, 0.717) is 65.1 Å². The second-order valence-electron chi connectivity index (χ2n) is 20.8. The topological polar surface area (TPSA) is 194 Å². The molecule has 18 heteroatoms. The van der Waals surface area contributed by atoms with Crippen LogP contribution >= 0.6 is 0 Å². The molecular weight excluding hydrogens is 813 g/mol. The Morgan fingerprint density at radius 2 is 1.05 bits per heavy atom. The van der Waals surface area contributed by atoms with E-state index in [-0.39, 0.29) is 79.3 Å². The summed E-state index contributed by atoms with van der Waals surface area (Å²) < 4.78 is 11.1. The van der Waals surface area contributed by atoms with E-state index in [0.717, 1.165) is 42.7 Å². The van der Waals surface area contributed by atoms with Gasteiger partial charge in [0.25, 0.3) is 0 Å². The number of benzene rings is 1. The second-order valence-corrected chi connectivity index (χ2v) is 20.8. The van der Waals surface area contributed by atoms with Gasteiger partial charge in [-0.3, -0.25) is 19.6 Å². The number of carbonyl (C=O) groups is 6. The number of piperidine rings is 4. The fourth-order valence-corrected chi connectivity index (χ4v) is 11.1. The number of nitrogens with one attached hydrogen (secondary N) is 2. The zero-order valence-electron chi connectivity index (χ0n) is 37.6. The number of hydrogen-bond acceptors (Lipinski definition) is 10. The highest BCUT2D eigenvalue weighted by Crippen LogP contribution is 2.40. The van der Waals surface area contributed by atoms with Crippen LogP contribution in [0.2, 0.25) is 0 Å². The van der Waals surface area contributed by atoms with E-state index in [1.807, 2.05) is 71.9 Å². The van der Waals surface area contributed by atoms with Crippen molar-refractivity contribution in [2.75, 3.05) is 39.3 Å². The summed E-state index contributed by atoms with van der Waals surface area (Å²) in [5.74, 6) is 0.595. The number of urea groups is 2. The van der Waals surface area contributed by atoms with E-state index >= 15 is 0 Å². The van der Waals surface area contributed by atoms with Crippen molar-refractivity contribution in [2.45, 2.75) is 147 Å². The van der Waals surface area contributed by atoms with Gasteiger partial charge in [0.1, 0.15) is 29.9 Å². The molecule has 1 aromatic rings. The number of carbonyl (C=O) groups excluding carboxylic acids is 6. The third-order valence-corrected chi connectivity index (χ3v) is 14.1. The number of rotatable bonds is 7. The van der Waals surface area contributed by atoms with Gasteiger partial charge in [0.05, 0.1) is 12.1 Å². The maximum atomic E-state index is 13.3. The number of ether oxygens (including phenoxy) is 2. The zero-order valence-corrected chi connectivity index (χ0v) is 37.6. The van der Waals surface area contributed by atoms with Gasteiger partial charge in [0, 0.05) is 52.8 Å². The summed E-state index contributed by atoms with van der Waals surface area (Å²) in [6, 6.07) is 7.86. The predicted molar refractivity (Wildman–Crippen MR) is 229 cm³/mol. The summed E-state index contributed by atoms with van der Waals surface area (Å²) in [6.45, 7) is 14.8. The van der Waals surface area contributed by atoms with Crippen molar-refractivity contribution >= 4 is 36.1 Å². The Hall–Kier alpha value is -4.84. The highest BCUT2D eigenvalue weighted by molar-refractivity contribution is 5.89. The van der Waals surface area contributed by atoms with E-state index in [4.69, 9.17) is 14.3 Å². The molecule has 9 rings (SSSR count). The molecule has 3 N–H and O–H groups in total. The molecule has 18 nitrogen and oxygen atoms in total. The lowest BCUT2D eigenvalue weighted by Gasteiger charge is -2.40. The number of hydroxylamine groups is 4. The molecule has 4 unspecified atom stereocenters. The van der Waals surface area contributed by atoms with Crippen LogP contribution in [0.25, 0.3) is 0 Å². The van der Waals surface area contributed by atoms with Crippen molar-refractivity contribution in [3.63, 3.8) is 0 Å². The molecule has 8 atom stereocenters. The number of amides is 8. The van der Waals surface area contributed by atoms with Gasteiger partial charge in [0.2, 0.25) is 11.8 Å². The van der Waals surface area contributed by atoms with Crippen molar-refractivity contribution in [1.82, 2.24) is 40.4 Å². The van der Waals surface area contributed by atoms with Crippen LogP contribution in [0.4, 0.5) is 19.2 Å². The first-order chi connectivity index (χ1) is 29.8. The molecule has 0 radical (unpaired) electrons. The molecule has 6 heterocycles. The highest BCUT2D eigenvalue weighted by Gasteiger charge is 2.52. The SMILES string of the molecule is CC(C)(C)OC(=O)N1CC2CCC(C1)C2NC(=O)[C@@H]1CC[C@@H]2CN1C(=O)N2O.CC(C)(C)OC(=O)N1CC2CCC(C1)C2NC(=O)[C@@H]1CC[C@@H]2CN1C(=O)N2OCc1ccccc1.[HH]. The normalized spacial score (nSPS) is 32.0. The maximum absolute atomic E-state index is 13.3. The van der Waals surface area contributed by atoms with Gasteiger partial charge in [-0.25, -0.2) is 24.2 Å². The summed E-state index contributed by atoms with van der Waals surface area (Å²) >= 11 is 0. The van der Waals surface area contributed by atoms with Gasteiger partial charge in [0.15, 0.2) is 0 Å². The fourth-order valence-electron chi connectivity index (χ4n) is 11.1. The molecule has 8 bridgehead atoms. The number of fused-ring (bicyclic) bond motifs is 8. The summed E-state index contributed by atoms with van der Waals surface area (Å²) in [6.07, 6.45) is 5.86. The molecule has 348 valence electrons. The number of nitrogens with zero attached hydrogens (tertiary/aromatic N) is 6.